The highest BCUT2D eigenvalue weighted by Crippen LogP contribution is 2.32. The molecule has 10 heteroatoms. The Hall–Kier alpha value is -3.27. The second-order valence-electron chi connectivity index (χ2n) is 7.73. The molecule has 9 nitrogen and oxygen atoms in total. The van der Waals surface area contributed by atoms with E-state index in [1.54, 1.807) is 0 Å². The number of hydrogen-bond acceptors (Lipinski definition) is 8. The van der Waals surface area contributed by atoms with Crippen LogP contribution in [0.25, 0.3) is 0 Å². The van der Waals surface area contributed by atoms with Crippen molar-refractivity contribution in [3.05, 3.63) is 51.3 Å². The molecule has 0 amide bonds. The highest BCUT2D eigenvalue weighted by Gasteiger charge is 2.40. The van der Waals surface area contributed by atoms with E-state index >= 15 is 0 Å². The summed E-state index contributed by atoms with van der Waals surface area (Å²) in [6.07, 6.45) is -1.56. The zero-order valence-corrected chi connectivity index (χ0v) is 18.5. The molecular weight excluding hydrogens is 423 g/mol. The van der Waals surface area contributed by atoms with Crippen molar-refractivity contribution in [2.24, 2.45) is 0 Å². The lowest BCUT2D eigenvalue weighted by Crippen LogP contribution is -2.31. The second kappa shape index (κ2) is 9.47. The van der Waals surface area contributed by atoms with Crippen molar-refractivity contribution in [3.8, 4) is 11.6 Å². The van der Waals surface area contributed by atoms with E-state index in [0.717, 1.165) is 27.5 Å². The van der Waals surface area contributed by atoms with Gasteiger partial charge in [0.15, 0.2) is 0 Å². The third-order valence-corrected chi connectivity index (χ3v) is 4.94. The van der Waals surface area contributed by atoms with Crippen molar-refractivity contribution >= 4 is 11.9 Å². The van der Waals surface area contributed by atoms with Gasteiger partial charge in [-0.25, -0.2) is 4.79 Å². The molecule has 1 fully saturated rings. The molecule has 0 saturated carbocycles. The normalized spacial score (nSPS) is 20.1. The van der Waals surface area contributed by atoms with Crippen LogP contribution in [-0.2, 0) is 23.8 Å². The van der Waals surface area contributed by atoms with E-state index in [1.807, 2.05) is 32.9 Å². The number of benzene rings is 1. The zero-order chi connectivity index (χ0) is 23.6. The predicted molar refractivity (Wildman–Crippen MR) is 110 cm³/mol. The van der Waals surface area contributed by atoms with E-state index in [0.29, 0.717) is 5.75 Å². The minimum Gasteiger partial charge on any atom is -0.463 e. The van der Waals surface area contributed by atoms with Crippen LogP contribution in [0.4, 0.5) is 4.39 Å². The summed E-state index contributed by atoms with van der Waals surface area (Å²) in [5.41, 5.74) is 1.79. The van der Waals surface area contributed by atoms with Crippen LogP contribution in [0, 0.1) is 26.6 Å². The van der Waals surface area contributed by atoms with E-state index in [-0.39, 0.29) is 13.0 Å². The van der Waals surface area contributed by atoms with Crippen molar-refractivity contribution in [2.45, 2.75) is 59.5 Å². The molecule has 1 aliphatic rings. The van der Waals surface area contributed by atoms with Crippen LogP contribution in [0.15, 0.2) is 23.1 Å². The minimum absolute atomic E-state index is 0.0585. The van der Waals surface area contributed by atoms with Crippen LogP contribution in [0.1, 0.15) is 43.2 Å². The molecule has 1 aromatic carbocycles. The van der Waals surface area contributed by atoms with Crippen molar-refractivity contribution in [1.29, 1.82) is 0 Å². The van der Waals surface area contributed by atoms with Crippen molar-refractivity contribution < 1.29 is 32.9 Å². The Morgan fingerprint density at radius 1 is 1.19 bits per heavy atom. The number of halogens is 1. The van der Waals surface area contributed by atoms with Crippen LogP contribution in [0.5, 0.6) is 11.6 Å². The first-order valence-corrected chi connectivity index (χ1v) is 10.1. The largest absolute Gasteiger partial charge is 0.463 e. The third-order valence-electron chi connectivity index (χ3n) is 4.94. The summed E-state index contributed by atoms with van der Waals surface area (Å²) < 4.78 is 37.3. The number of esters is 2. The van der Waals surface area contributed by atoms with Crippen molar-refractivity contribution in [3.63, 3.8) is 0 Å². The van der Waals surface area contributed by atoms with Gasteiger partial charge < -0.3 is 18.9 Å². The van der Waals surface area contributed by atoms with Crippen LogP contribution in [-0.4, -0.2) is 40.3 Å². The Bertz CT molecular complexity index is 1080. The zero-order valence-electron chi connectivity index (χ0n) is 18.5. The standard InChI is InChI=1S/C22H25FN2O7/c1-11-6-12(2)20(13(3)7-11)32-21-16(23)9-25(22(28)24-21)19-8-17(30-15(5)27)18(31-19)10-29-14(4)26/h6-7,9,17-19H,8,10H2,1-5H3. The Morgan fingerprint density at radius 3 is 2.44 bits per heavy atom. The lowest BCUT2D eigenvalue weighted by atomic mass is 10.1. The molecule has 3 rings (SSSR count). The van der Waals surface area contributed by atoms with Gasteiger partial charge >= 0.3 is 17.6 Å². The first-order valence-electron chi connectivity index (χ1n) is 10.1. The summed E-state index contributed by atoms with van der Waals surface area (Å²) in [6.45, 7) is 7.85. The molecule has 0 radical (unpaired) electrons. The minimum atomic E-state index is -0.966. The molecule has 3 unspecified atom stereocenters. The van der Waals surface area contributed by atoms with E-state index in [1.165, 1.54) is 13.8 Å². The quantitative estimate of drug-likeness (QED) is 0.621. The number of aryl methyl sites for hydroxylation is 3. The van der Waals surface area contributed by atoms with E-state index < -0.39 is 47.8 Å². The van der Waals surface area contributed by atoms with Gasteiger partial charge in [0.2, 0.25) is 5.82 Å². The maximum atomic E-state index is 14.8. The molecule has 2 aromatic rings. The highest BCUT2D eigenvalue weighted by atomic mass is 19.1. The second-order valence-corrected chi connectivity index (χ2v) is 7.73. The van der Waals surface area contributed by atoms with Gasteiger partial charge in [-0.2, -0.15) is 9.37 Å². The van der Waals surface area contributed by atoms with Crippen LogP contribution < -0.4 is 10.4 Å². The van der Waals surface area contributed by atoms with Crippen LogP contribution in [0.3, 0.4) is 0 Å². The average Bonchev–Trinajstić information content (AvgIpc) is 3.06. The molecule has 0 spiro atoms. The fourth-order valence-corrected chi connectivity index (χ4v) is 3.69. The Morgan fingerprint density at radius 2 is 1.84 bits per heavy atom. The summed E-state index contributed by atoms with van der Waals surface area (Å²) in [5, 5.41) is 0. The topological polar surface area (TPSA) is 106 Å². The smallest absolute Gasteiger partial charge is 0.353 e. The van der Waals surface area contributed by atoms with Gasteiger partial charge in [-0.1, -0.05) is 17.7 Å². The fourth-order valence-electron chi connectivity index (χ4n) is 3.69. The molecule has 0 aliphatic carbocycles. The van der Waals surface area contributed by atoms with Gasteiger partial charge in [0, 0.05) is 20.3 Å². The fraction of sp³-hybridized carbons (Fsp3) is 0.455. The molecule has 2 heterocycles. The van der Waals surface area contributed by atoms with Gasteiger partial charge in [0.1, 0.15) is 30.8 Å². The number of carbonyl (C=O) groups excluding carboxylic acids is 2. The Labute approximate surface area is 184 Å². The van der Waals surface area contributed by atoms with Crippen molar-refractivity contribution in [2.75, 3.05) is 6.61 Å². The molecule has 1 aliphatic heterocycles. The Balaban J connectivity index is 1.85. The maximum absolute atomic E-state index is 14.8. The molecule has 172 valence electrons. The molecule has 1 aromatic heterocycles. The molecular formula is C22H25FN2O7. The summed E-state index contributed by atoms with van der Waals surface area (Å²) in [5.74, 6) is -1.98. The average molecular weight is 448 g/mol. The predicted octanol–water partition coefficient (Wildman–Crippen LogP) is 2.88. The highest BCUT2D eigenvalue weighted by molar-refractivity contribution is 5.66. The van der Waals surface area contributed by atoms with Gasteiger partial charge in [-0.3, -0.25) is 14.2 Å². The van der Waals surface area contributed by atoms with E-state index in [4.69, 9.17) is 18.9 Å². The summed E-state index contributed by atoms with van der Waals surface area (Å²) in [7, 11) is 0. The van der Waals surface area contributed by atoms with Gasteiger partial charge in [0.25, 0.3) is 5.88 Å². The van der Waals surface area contributed by atoms with Gasteiger partial charge in [0.05, 0.1) is 6.20 Å². The lowest BCUT2D eigenvalue weighted by molar-refractivity contribution is -0.155. The number of aromatic nitrogens is 2. The first kappa shape index (κ1) is 23.4. The molecule has 1 saturated heterocycles. The SMILES string of the molecule is CC(=O)OCC1OC(n2cc(F)c(Oc3c(C)cc(C)cc3C)nc2=O)CC1OC(C)=O. The molecule has 0 N–H and O–H groups in total. The van der Waals surface area contributed by atoms with E-state index in [9.17, 15) is 18.8 Å². The number of ether oxygens (including phenoxy) is 4. The number of rotatable bonds is 6. The number of nitrogens with zero attached hydrogens (tertiary/aromatic N) is 2. The molecule has 3 atom stereocenters. The van der Waals surface area contributed by atoms with Gasteiger partial charge in [-0.05, 0) is 31.9 Å². The third kappa shape index (κ3) is 5.31. The summed E-state index contributed by atoms with van der Waals surface area (Å²) >= 11 is 0. The molecule has 32 heavy (non-hydrogen) atoms. The number of carbonyl (C=O) groups is 2. The van der Waals surface area contributed by atoms with E-state index in [2.05, 4.69) is 4.98 Å². The monoisotopic (exact) mass is 448 g/mol. The first-order chi connectivity index (χ1) is 15.0. The van der Waals surface area contributed by atoms with Crippen LogP contribution >= 0.6 is 0 Å². The van der Waals surface area contributed by atoms with Crippen molar-refractivity contribution in [1.82, 2.24) is 9.55 Å². The van der Waals surface area contributed by atoms with Gasteiger partial charge in [-0.15, -0.1) is 0 Å². The maximum Gasteiger partial charge on any atom is 0.353 e. The number of hydrogen-bond donors (Lipinski definition) is 0. The summed E-state index contributed by atoms with van der Waals surface area (Å²) in [4.78, 5) is 38.9. The van der Waals surface area contributed by atoms with Crippen LogP contribution in [0.2, 0.25) is 0 Å². The molecule has 0 bridgehead atoms. The summed E-state index contributed by atoms with van der Waals surface area (Å²) in [6, 6.07) is 3.76. The lowest BCUT2D eigenvalue weighted by Gasteiger charge is -2.18. The Kier molecular flexibility index (Phi) is 6.93.